The molecule has 0 radical (unpaired) electrons. The number of sulfonamides is 1. The van der Waals surface area contributed by atoms with Crippen LogP contribution in [0, 0.1) is 0 Å². The van der Waals surface area contributed by atoms with Gasteiger partial charge in [0.15, 0.2) is 11.6 Å². The Morgan fingerprint density at radius 2 is 1.60 bits per heavy atom. The standard InChI is InChI=1S/C26H30N4O4S/c1-35(33,34)30-14-12-28(13-15-30)10-11-29-19-24(27-20-29)26(32)18-25(31)23-9-5-8-22(17-23)16-21-6-3-2-4-7-21/h2-9,17,19-20H,10-16,18H2,1H3. The minimum absolute atomic E-state index is 0.219. The fourth-order valence-corrected chi connectivity index (χ4v) is 5.02. The van der Waals surface area contributed by atoms with E-state index in [2.05, 4.69) is 9.88 Å². The molecule has 1 aliphatic heterocycles. The highest BCUT2D eigenvalue weighted by Gasteiger charge is 2.23. The summed E-state index contributed by atoms with van der Waals surface area (Å²) in [5.74, 6) is -0.521. The number of benzene rings is 2. The van der Waals surface area contributed by atoms with Crippen LogP contribution in [0.25, 0.3) is 0 Å². The van der Waals surface area contributed by atoms with Crippen molar-refractivity contribution in [3.05, 3.63) is 89.5 Å². The zero-order chi connectivity index (χ0) is 24.8. The number of rotatable bonds is 10. The molecular formula is C26H30N4O4S. The Morgan fingerprint density at radius 1 is 0.886 bits per heavy atom. The summed E-state index contributed by atoms with van der Waals surface area (Å²) in [6.45, 7) is 3.68. The second-order valence-corrected chi connectivity index (χ2v) is 10.9. The average Bonchev–Trinajstić information content (AvgIpc) is 3.33. The first-order valence-corrected chi connectivity index (χ1v) is 13.5. The Balaban J connectivity index is 1.28. The van der Waals surface area contributed by atoms with Gasteiger partial charge in [-0.15, -0.1) is 0 Å². The van der Waals surface area contributed by atoms with Crippen LogP contribution < -0.4 is 0 Å². The summed E-state index contributed by atoms with van der Waals surface area (Å²) in [5.41, 5.74) is 2.99. The number of piperazine rings is 1. The second-order valence-electron chi connectivity index (χ2n) is 8.89. The van der Waals surface area contributed by atoms with Crippen LogP contribution in [0.5, 0.6) is 0 Å². The molecule has 0 aliphatic carbocycles. The van der Waals surface area contributed by atoms with Gasteiger partial charge < -0.3 is 4.57 Å². The molecule has 3 aromatic rings. The first-order chi connectivity index (χ1) is 16.8. The van der Waals surface area contributed by atoms with Gasteiger partial charge in [0.1, 0.15) is 5.69 Å². The molecule has 0 saturated carbocycles. The number of carbonyl (C=O) groups excluding carboxylic acids is 2. The van der Waals surface area contributed by atoms with Crippen molar-refractivity contribution in [1.29, 1.82) is 0 Å². The van der Waals surface area contributed by atoms with Crippen LogP contribution in [-0.4, -0.2) is 77.7 Å². The number of Topliss-reactive ketones (excluding diaryl/α,β-unsaturated/α-hetero) is 2. The molecule has 0 unspecified atom stereocenters. The second kappa shape index (κ2) is 11.1. The van der Waals surface area contributed by atoms with Crippen LogP contribution in [0.4, 0.5) is 0 Å². The Hall–Kier alpha value is -3.14. The average molecular weight is 495 g/mol. The molecule has 35 heavy (non-hydrogen) atoms. The summed E-state index contributed by atoms with van der Waals surface area (Å²) in [6, 6.07) is 17.5. The monoisotopic (exact) mass is 494 g/mol. The van der Waals surface area contributed by atoms with Crippen molar-refractivity contribution >= 4 is 21.6 Å². The van der Waals surface area contributed by atoms with E-state index < -0.39 is 10.0 Å². The van der Waals surface area contributed by atoms with Crippen LogP contribution in [0.1, 0.15) is 38.4 Å². The molecular weight excluding hydrogens is 464 g/mol. The number of ketones is 2. The minimum atomic E-state index is -3.14. The van der Waals surface area contributed by atoms with Crippen molar-refractivity contribution in [3.63, 3.8) is 0 Å². The molecule has 4 rings (SSSR count). The summed E-state index contributed by atoms with van der Waals surface area (Å²) in [4.78, 5) is 31.8. The van der Waals surface area contributed by atoms with Crippen molar-refractivity contribution in [2.45, 2.75) is 19.4 Å². The number of imidazole rings is 1. The molecule has 0 bridgehead atoms. The maximum Gasteiger partial charge on any atom is 0.211 e. The van der Waals surface area contributed by atoms with Gasteiger partial charge in [-0.2, -0.15) is 4.31 Å². The van der Waals surface area contributed by atoms with Crippen LogP contribution in [0.15, 0.2) is 67.1 Å². The Labute approximate surface area is 206 Å². The molecule has 1 aliphatic rings. The molecule has 0 atom stereocenters. The highest BCUT2D eigenvalue weighted by Crippen LogP contribution is 2.14. The molecule has 2 heterocycles. The third kappa shape index (κ3) is 6.94. The molecule has 0 spiro atoms. The number of nitrogens with zero attached hydrogens (tertiary/aromatic N) is 4. The summed E-state index contributed by atoms with van der Waals surface area (Å²) in [5, 5.41) is 0. The smallest absolute Gasteiger partial charge is 0.211 e. The quantitative estimate of drug-likeness (QED) is 0.318. The molecule has 0 N–H and O–H groups in total. The van der Waals surface area contributed by atoms with Gasteiger partial charge in [0.05, 0.1) is 19.0 Å². The predicted molar refractivity (Wildman–Crippen MR) is 134 cm³/mol. The Bertz CT molecular complexity index is 1280. The molecule has 8 nitrogen and oxygen atoms in total. The minimum Gasteiger partial charge on any atom is -0.335 e. The molecule has 0 amide bonds. The lowest BCUT2D eigenvalue weighted by atomic mass is 9.99. The number of carbonyl (C=O) groups is 2. The molecule has 1 aromatic heterocycles. The van der Waals surface area contributed by atoms with Crippen molar-refractivity contribution < 1.29 is 18.0 Å². The first-order valence-electron chi connectivity index (χ1n) is 11.7. The van der Waals surface area contributed by atoms with E-state index in [1.807, 2.05) is 53.1 Å². The normalized spacial score (nSPS) is 15.2. The lowest BCUT2D eigenvalue weighted by molar-refractivity contribution is 0.0891. The van der Waals surface area contributed by atoms with E-state index in [1.54, 1.807) is 18.6 Å². The molecule has 1 fully saturated rings. The highest BCUT2D eigenvalue weighted by molar-refractivity contribution is 7.88. The maximum absolute atomic E-state index is 12.8. The van der Waals surface area contributed by atoms with Crippen LogP contribution >= 0.6 is 0 Å². The van der Waals surface area contributed by atoms with Crippen molar-refractivity contribution in [1.82, 2.24) is 18.8 Å². The van der Waals surface area contributed by atoms with Crippen molar-refractivity contribution in [3.8, 4) is 0 Å². The SMILES string of the molecule is CS(=O)(=O)N1CCN(CCn2cnc(C(=O)CC(=O)c3cccc(Cc4ccccc4)c3)c2)CC1. The van der Waals surface area contributed by atoms with Gasteiger partial charge in [-0.3, -0.25) is 14.5 Å². The predicted octanol–water partition coefficient (Wildman–Crippen LogP) is 2.51. The zero-order valence-corrected chi connectivity index (χ0v) is 20.7. The number of hydrogen-bond donors (Lipinski definition) is 0. The van der Waals surface area contributed by atoms with Gasteiger partial charge in [-0.05, 0) is 23.6 Å². The molecule has 2 aromatic carbocycles. The summed E-state index contributed by atoms with van der Waals surface area (Å²) in [7, 11) is -3.14. The van der Waals surface area contributed by atoms with Crippen molar-refractivity contribution in [2.24, 2.45) is 0 Å². The summed E-state index contributed by atoms with van der Waals surface area (Å²) in [6.07, 6.45) is 5.01. The van der Waals surface area contributed by atoms with Gasteiger partial charge in [-0.1, -0.05) is 48.5 Å². The lowest BCUT2D eigenvalue weighted by Gasteiger charge is -2.33. The Morgan fingerprint density at radius 3 is 2.31 bits per heavy atom. The van der Waals surface area contributed by atoms with Gasteiger partial charge >= 0.3 is 0 Å². The largest absolute Gasteiger partial charge is 0.335 e. The fraction of sp³-hybridized carbons (Fsp3) is 0.346. The third-order valence-electron chi connectivity index (χ3n) is 6.21. The lowest BCUT2D eigenvalue weighted by Crippen LogP contribution is -2.48. The molecule has 184 valence electrons. The van der Waals surface area contributed by atoms with E-state index in [0.29, 0.717) is 38.3 Å². The topological polar surface area (TPSA) is 92.6 Å². The first kappa shape index (κ1) is 25.0. The summed E-state index contributed by atoms with van der Waals surface area (Å²) >= 11 is 0. The maximum atomic E-state index is 12.8. The molecule has 9 heteroatoms. The summed E-state index contributed by atoms with van der Waals surface area (Å²) < 4.78 is 26.6. The van der Waals surface area contributed by atoms with E-state index in [9.17, 15) is 18.0 Å². The van der Waals surface area contributed by atoms with Gasteiger partial charge in [0, 0.05) is 51.0 Å². The van der Waals surface area contributed by atoms with E-state index in [4.69, 9.17) is 0 Å². The third-order valence-corrected chi connectivity index (χ3v) is 7.52. The number of hydrogen-bond acceptors (Lipinski definition) is 6. The van der Waals surface area contributed by atoms with Crippen LogP contribution in [0.2, 0.25) is 0 Å². The van der Waals surface area contributed by atoms with E-state index in [-0.39, 0.29) is 23.7 Å². The fourth-order valence-electron chi connectivity index (χ4n) is 4.19. The van der Waals surface area contributed by atoms with Gasteiger partial charge in [-0.25, -0.2) is 13.4 Å². The molecule has 1 saturated heterocycles. The van der Waals surface area contributed by atoms with E-state index >= 15 is 0 Å². The highest BCUT2D eigenvalue weighted by atomic mass is 32.2. The number of aromatic nitrogens is 2. The van der Waals surface area contributed by atoms with Crippen LogP contribution in [0.3, 0.4) is 0 Å². The van der Waals surface area contributed by atoms with E-state index in [1.165, 1.54) is 10.6 Å². The van der Waals surface area contributed by atoms with E-state index in [0.717, 1.165) is 24.1 Å². The van der Waals surface area contributed by atoms with Gasteiger partial charge in [0.25, 0.3) is 0 Å². The van der Waals surface area contributed by atoms with Crippen molar-refractivity contribution in [2.75, 3.05) is 39.0 Å². The van der Waals surface area contributed by atoms with Gasteiger partial charge in [0.2, 0.25) is 10.0 Å². The Kier molecular flexibility index (Phi) is 7.90. The van der Waals surface area contributed by atoms with Crippen LogP contribution in [-0.2, 0) is 23.0 Å². The zero-order valence-electron chi connectivity index (χ0n) is 19.8.